The summed E-state index contributed by atoms with van der Waals surface area (Å²) in [5.41, 5.74) is 7.86. The third-order valence-electron chi connectivity index (χ3n) is 3.25. The molecular formula is C15H17ClN4O2. The summed E-state index contributed by atoms with van der Waals surface area (Å²) in [5.74, 6) is -0.910. The second-order valence-corrected chi connectivity index (χ2v) is 5.57. The summed E-state index contributed by atoms with van der Waals surface area (Å²) in [4.78, 5) is 21.5. The van der Waals surface area contributed by atoms with Crippen molar-refractivity contribution in [2.45, 2.75) is 19.9 Å². The van der Waals surface area contributed by atoms with Crippen LogP contribution in [-0.4, -0.2) is 32.1 Å². The van der Waals surface area contributed by atoms with E-state index in [9.17, 15) is 4.79 Å². The van der Waals surface area contributed by atoms with Gasteiger partial charge in [0.05, 0.1) is 10.5 Å². The van der Waals surface area contributed by atoms with E-state index in [1.807, 2.05) is 24.4 Å². The van der Waals surface area contributed by atoms with Gasteiger partial charge in [0.25, 0.3) is 0 Å². The maximum Gasteiger partial charge on any atom is 0.320 e. The first-order valence-corrected chi connectivity index (χ1v) is 7.14. The number of hydrogen-bond donors (Lipinski definition) is 3. The second kappa shape index (κ2) is 6.72. The molecule has 0 amide bonds. The summed E-state index contributed by atoms with van der Waals surface area (Å²) >= 11 is 6.11. The summed E-state index contributed by atoms with van der Waals surface area (Å²) in [6.45, 7) is 3.55. The molecule has 0 radical (unpaired) electrons. The number of carboxylic acids is 1. The van der Waals surface area contributed by atoms with Gasteiger partial charge >= 0.3 is 5.97 Å². The lowest BCUT2D eigenvalue weighted by molar-refractivity contribution is -0.139. The molecular weight excluding hydrogens is 304 g/mol. The number of rotatable bonds is 2. The molecule has 0 bridgehead atoms. The fourth-order valence-corrected chi connectivity index (χ4v) is 2.15. The number of imidazole rings is 1. The standard InChI is InChI=1S/C10H6ClN3.C5H11NO2/c11-6-3-4-12-7-1-2-8-10(9(6)7)14-5-13-8;1-3(2)4(6)5(7)8/h1-5,12H;3-4H,6H2,1-2H3,(H,7,8)/t;4-/m.0/s1. The Bertz CT molecular complexity index is 800. The summed E-state index contributed by atoms with van der Waals surface area (Å²) in [7, 11) is 0. The molecule has 0 aliphatic heterocycles. The highest BCUT2D eigenvalue weighted by Gasteiger charge is 2.14. The summed E-state index contributed by atoms with van der Waals surface area (Å²) in [5, 5.41) is 9.86. The molecule has 6 nitrogen and oxygen atoms in total. The van der Waals surface area contributed by atoms with Gasteiger partial charge in [-0.1, -0.05) is 25.4 Å². The van der Waals surface area contributed by atoms with Crippen LogP contribution < -0.4 is 5.73 Å². The van der Waals surface area contributed by atoms with Crippen LogP contribution in [-0.2, 0) is 4.79 Å². The Morgan fingerprint density at radius 1 is 1.32 bits per heavy atom. The first-order valence-electron chi connectivity index (χ1n) is 6.76. The Morgan fingerprint density at radius 3 is 2.64 bits per heavy atom. The van der Waals surface area contributed by atoms with E-state index in [4.69, 9.17) is 22.4 Å². The van der Waals surface area contributed by atoms with Crippen molar-refractivity contribution in [3.05, 3.63) is 35.7 Å². The van der Waals surface area contributed by atoms with E-state index in [-0.39, 0.29) is 5.92 Å². The van der Waals surface area contributed by atoms with Crippen molar-refractivity contribution >= 4 is 39.5 Å². The Morgan fingerprint density at radius 2 is 2.05 bits per heavy atom. The molecule has 0 saturated carbocycles. The molecule has 0 saturated heterocycles. The fourth-order valence-electron chi connectivity index (χ4n) is 1.90. The Balaban J connectivity index is 0.000000192. The number of H-pyrrole nitrogens is 1. The molecule has 2 aromatic heterocycles. The molecule has 7 heteroatoms. The van der Waals surface area contributed by atoms with Crippen LogP contribution in [0.5, 0.6) is 0 Å². The number of benzene rings is 1. The number of nitrogens with one attached hydrogen (secondary N) is 1. The quantitative estimate of drug-likeness (QED) is 0.673. The predicted molar refractivity (Wildman–Crippen MR) is 86.9 cm³/mol. The monoisotopic (exact) mass is 320 g/mol. The van der Waals surface area contributed by atoms with Gasteiger partial charge < -0.3 is 15.8 Å². The fraction of sp³-hybridized carbons (Fsp3) is 0.267. The van der Waals surface area contributed by atoms with E-state index < -0.39 is 12.0 Å². The molecule has 4 N–H and O–H groups in total. The van der Waals surface area contributed by atoms with E-state index in [1.165, 1.54) is 0 Å². The highest BCUT2D eigenvalue weighted by atomic mass is 35.5. The molecule has 22 heavy (non-hydrogen) atoms. The van der Waals surface area contributed by atoms with Gasteiger partial charge in [0.2, 0.25) is 0 Å². The van der Waals surface area contributed by atoms with Crippen LogP contribution in [0.25, 0.3) is 21.9 Å². The van der Waals surface area contributed by atoms with E-state index >= 15 is 0 Å². The molecule has 1 aromatic carbocycles. The zero-order valence-electron chi connectivity index (χ0n) is 12.2. The number of carboxylic acid groups (broad SMARTS) is 1. The summed E-state index contributed by atoms with van der Waals surface area (Å²) in [6, 6.07) is 4.99. The van der Waals surface area contributed by atoms with E-state index in [0.717, 1.165) is 21.9 Å². The topological polar surface area (TPSA) is 105 Å². The molecule has 0 aliphatic carbocycles. The zero-order valence-corrected chi connectivity index (χ0v) is 13.0. The minimum atomic E-state index is -0.931. The number of hydrogen-bond acceptors (Lipinski definition) is 4. The van der Waals surface area contributed by atoms with E-state index in [2.05, 4.69) is 15.0 Å². The van der Waals surface area contributed by atoms with Crippen LogP contribution in [0.3, 0.4) is 0 Å². The Labute approximate surface area is 132 Å². The molecule has 3 rings (SSSR count). The van der Waals surface area contributed by atoms with Gasteiger partial charge in [0.15, 0.2) is 0 Å². The van der Waals surface area contributed by atoms with Crippen molar-refractivity contribution in [3.8, 4) is 0 Å². The molecule has 0 aliphatic rings. The average Bonchev–Trinajstić information content (AvgIpc) is 2.95. The smallest absolute Gasteiger partial charge is 0.320 e. The normalized spacial score (nSPS) is 12.2. The number of nitrogens with zero attached hydrogens (tertiary/aromatic N) is 2. The maximum absolute atomic E-state index is 10.0. The Kier molecular flexibility index (Phi) is 4.95. The number of pyridine rings is 1. The molecule has 116 valence electrons. The van der Waals surface area contributed by atoms with Crippen molar-refractivity contribution in [1.29, 1.82) is 0 Å². The van der Waals surface area contributed by atoms with E-state index in [1.54, 1.807) is 20.2 Å². The molecule has 3 aromatic rings. The number of aromatic amines is 1. The minimum Gasteiger partial charge on any atom is -0.480 e. The molecule has 0 unspecified atom stereocenters. The van der Waals surface area contributed by atoms with Crippen molar-refractivity contribution in [1.82, 2.24) is 15.0 Å². The minimum absolute atomic E-state index is 0.0208. The van der Waals surface area contributed by atoms with Crippen molar-refractivity contribution in [2.75, 3.05) is 0 Å². The van der Waals surface area contributed by atoms with Gasteiger partial charge in [0, 0.05) is 17.1 Å². The van der Waals surface area contributed by atoms with Crippen LogP contribution in [0, 0.1) is 5.92 Å². The van der Waals surface area contributed by atoms with Crippen LogP contribution in [0.15, 0.2) is 30.7 Å². The third-order valence-corrected chi connectivity index (χ3v) is 3.57. The van der Waals surface area contributed by atoms with Crippen molar-refractivity contribution in [3.63, 3.8) is 0 Å². The lowest BCUT2D eigenvalue weighted by Gasteiger charge is -2.07. The number of halogens is 1. The lowest BCUT2D eigenvalue weighted by atomic mass is 10.1. The molecule has 0 fully saturated rings. The maximum atomic E-state index is 10.0. The number of carbonyl (C=O) groups is 1. The number of nitrogens with two attached hydrogens (primary N) is 1. The predicted octanol–water partition coefficient (Wildman–Crippen LogP) is 2.82. The molecule has 1 atom stereocenters. The number of fused-ring (bicyclic) bond motifs is 3. The third kappa shape index (κ3) is 3.35. The summed E-state index contributed by atoms with van der Waals surface area (Å²) in [6.07, 6.45) is 3.36. The molecule has 2 heterocycles. The largest absolute Gasteiger partial charge is 0.480 e. The van der Waals surface area contributed by atoms with Gasteiger partial charge in [-0.15, -0.1) is 0 Å². The number of aliphatic carboxylic acids is 1. The highest BCUT2D eigenvalue weighted by Crippen LogP contribution is 2.27. The average molecular weight is 321 g/mol. The molecule has 0 spiro atoms. The van der Waals surface area contributed by atoms with Crippen LogP contribution in [0.2, 0.25) is 5.02 Å². The van der Waals surface area contributed by atoms with Gasteiger partial charge in [-0.3, -0.25) is 4.79 Å². The van der Waals surface area contributed by atoms with Crippen LogP contribution in [0.1, 0.15) is 13.8 Å². The number of aromatic nitrogens is 3. The summed E-state index contributed by atoms with van der Waals surface area (Å²) < 4.78 is 0. The SMILES string of the molecule is CC(C)[C@H](N)C(=O)O.Clc1cc[nH]c2ccc3ncnc3c12. The van der Waals surface area contributed by atoms with Crippen LogP contribution >= 0.6 is 11.6 Å². The first-order chi connectivity index (χ1) is 10.4. The van der Waals surface area contributed by atoms with Gasteiger partial charge in [-0.2, -0.15) is 0 Å². The van der Waals surface area contributed by atoms with Crippen molar-refractivity contribution < 1.29 is 9.90 Å². The highest BCUT2D eigenvalue weighted by molar-refractivity contribution is 6.37. The van der Waals surface area contributed by atoms with Crippen LogP contribution in [0.4, 0.5) is 0 Å². The second-order valence-electron chi connectivity index (χ2n) is 5.16. The first kappa shape index (κ1) is 16.2. The Hall–Kier alpha value is -2.18. The van der Waals surface area contributed by atoms with Gasteiger partial charge in [-0.05, 0) is 24.1 Å². The lowest BCUT2D eigenvalue weighted by Crippen LogP contribution is -2.34. The van der Waals surface area contributed by atoms with Gasteiger partial charge in [0.1, 0.15) is 17.9 Å². The zero-order chi connectivity index (χ0) is 16.3. The van der Waals surface area contributed by atoms with E-state index in [0.29, 0.717) is 5.02 Å². The van der Waals surface area contributed by atoms with Crippen molar-refractivity contribution in [2.24, 2.45) is 11.7 Å². The van der Waals surface area contributed by atoms with Gasteiger partial charge in [-0.25, -0.2) is 9.97 Å².